The second kappa shape index (κ2) is 11.3. The summed E-state index contributed by atoms with van der Waals surface area (Å²) in [6.07, 6.45) is 11.6. The van der Waals surface area contributed by atoms with Gasteiger partial charge in [0.25, 0.3) is 0 Å². The molecule has 0 N–H and O–H groups in total. The summed E-state index contributed by atoms with van der Waals surface area (Å²) in [6.45, 7) is 8.65. The lowest BCUT2D eigenvalue weighted by atomic mass is 9.88. The van der Waals surface area contributed by atoms with E-state index in [1.807, 2.05) is 0 Å². The van der Waals surface area contributed by atoms with Crippen molar-refractivity contribution in [2.45, 2.75) is 90.3 Å². The molecule has 0 spiro atoms. The molecule has 0 amide bonds. The van der Waals surface area contributed by atoms with E-state index < -0.39 is 0 Å². The maximum Gasteiger partial charge on any atom is 0.120 e. The number of rotatable bonds is 9. The van der Waals surface area contributed by atoms with Crippen molar-refractivity contribution in [2.75, 3.05) is 19.8 Å². The number of hydrogen-bond donors (Lipinski definition) is 0. The first-order chi connectivity index (χ1) is 15.2. The van der Waals surface area contributed by atoms with E-state index in [1.165, 1.54) is 61.4 Å². The van der Waals surface area contributed by atoms with Gasteiger partial charge in [-0.2, -0.15) is 0 Å². The van der Waals surface area contributed by atoms with Gasteiger partial charge >= 0.3 is 0 Å². The van der Waals surface area contributed by atoms with E-state index in [1.54, 1.807) is 0 Å². The van der Waals surface area contributed by atoms with Gasteiger partial charge in [-0.1, -0.05) is 38.5 Å². The zero-order valence-corrected chi connectivity index (χ0v) is 19.7. The van der Waals surface area contributed by atoms with Crippen LogP contribution in [0.25, 0.3) is 10.8 Å². The zero-order valence-electron chi connectivity index (χ0n) is 19.7. The molecule has 2 aliphatic rings. The van der Waals surface area contributed by atoms with E-state index in [9.17, 15) is 0 Å². The zero-order chi connectivity index (χ0) is 21.5. The third-order valence-electron chi connectivity index (χ3n) is 7.28. The van der Waals surface area contributed by atoms with Crippen LogP contribution in [0.4, 0.5) is 0 Å². The Bertz CT molecular complexity index is 812. The number of fused-ring (bicyclic) bond motifs is 1. The van der Waals surface area contributed by atoms with E-state index in [0.29, 0.717) is 12.0 Å². The highest BCUT2D eigenvalue weighted by Crippen LogP contribution is 2.30. The second-order valence-corrected chi connectivity index (χ2v) is 9.71. The number of nitrogens with zero attached hydrogens (tertiary/aromatic N) is 1. The molecule has 2 aromatic carbocycles. The van der Waals surface area contributed by atoms with Crippen LogP contribution in [0.3, 0.4) is 0 Å². The lowest BCUT2D eigenvalue weighted by molar-refractivity contribution is 0.0595. The maximum atomic E-state index is 6.37. The number of hydrogen-bond acceptors (Lipinski definition) is 3. The molecule has 3 heteroatoms. The molecule has 0 radical (unpaired) electrons. The van der Waals surface area contributed by atoms with Gasteiger partial charge in [-0.15, -0.1) is 0 Å². The van der Waals surface area contributed by atoms with Crippen LogP contribution in [0.1, 0.15) is 77.2 Å². The summed E-state index contributed by atoms with van der Waals surface area (Å²) in [5, 5.41) is 2.61. The van der Waals surface area contributed by atoms with Gasteiger partial charge in [-0.3, -0.25) is 4.90 Å². The molecule has 31 heavy (non-hydrogen) atoms. The van der Waals surface area contributed by atoms with Crippen molar-refractivity contribution in [3.05, 3.63) is 42.0 Å². The van der Waals surface area contributed by atoms with E-state index in [4.69, 9.17) is 9.47 Å². The third-order valence-corrected chi connectivity index (χ3v) is 7.28. The molecule has 0 aromatic heterocycles. The fourth-order valence-corrected chi connectivity index (χ4v) is 5.41. The van der Waals surface area contributed by atoms with E-state index in [0.717, 1.165) is 50.8 Å². The number of ether oxygens (including phenoxy) is 2. The molecule has 1 atom stereocenters. The van der Waals surface area contributed by atoms with Crippen molar-refractivity contribution in [1.29, 1.82) is 0 Å². The first-order valence-electron chi connectivity index (χ1n) is 12.8. The van der Waals surface area contributed by atoms with Crippen LogP contribution in [0, 0.1) is 5.92 Å². The van der Waals surface area contributed by atoms with Gasteiger partial charge in [0, 0.05) is 25.8 Å². The van der Waals surface area contributed by atoms with E-state index in [-0.39, 0.29) is 0 Å². The lowest BCUT2D eigenvalue weighted by Gasteiger charge is -2.35. The molecule has 3 nitrogen and oxygen atoms in total. The highest BCUT2D eigenvalue weighted by Gasteiger charge is 2.23. The third kappa shape index (κ3) is 6.23. The highest BCUT2D eigenvalue weighted by molar-refractivity contribution is 5.84. The Morgan fingerprint density at radius 3 is 2.52 bits per heavy atom. The van der Waals surface area contributed by atoms with Crippen molar-refractivity contribution < 1.29 is 9.47 Å². The summed E-state index contributed by atoms with van der Waals surface area (Å²) in [7, 11) is 0. The van der Waals surface area contributed by atoms with Crippen molar-refractivity contribution in [3.8, 4) is 5.75 Å². The molecule has 170 valence electrons. The molecule has 2 aromatic rings. The molecule has 1 unspecified atom stereocenters. The standard InChI is InChI=1S/C28H41NO2/c1-3-17-30-21-22-9-13-27(14-10-22)31-28-15-12-24-18-23(8-11-25(24)19-28)20-29-16-6-5-7-26(29)4-2/h8,11-12,15,18-19,22,26-27H,3-7,9-10,13-14,16-17,20-21H2,1-2H3. The molecular weight excluding hydrogens is 382 g/mol. The van der Waals surface area contributed by atoms with Crippen molar-refractivity contribution in [2.24, 2.45) is 5.92 Å². The molecule has 1 saturated carbocycles. The molecule has 1 aliphatic heterocycles. The van der Waals surface area contributed by atoms with Gasteiger partial charge in [-0.05, 0) is 98.4 Å². The summed E-state index contributed by atoms with van der Waals surface area (Å²) in [5.41, 5.74) is 1.44. The number of benzene rings is 2. The molecule has 1 aliphatic carbocycles. The van der Waals surface area contributed by atoms with Crippen LogP contribution in [-0.2, 0) is 11.3 Å². The second-order valence-electron chi connectivity index (χ2n) is 9.71. The Kier molecular flexibility index (Phi) is 8.27. The van der Waals surface area contributed by atoms with Gasteiger partial charge in [0.05, 0.1) is 6.10 Å². The largest absolute Gasteiger partial charge is 0.490 e. The minimum absolute atomic E-state index is 0.351. The lowest BCUT2D eigenvalue weighted by Crippen LogP contribution is -2.38. The maximum absolute atomic E-state index is 6.37. The van der Waals surface area contributed by atoms with Gasteiger partial charge in [0.15, 0.2) is 0 Å². The first-order valence-corrected chi connectivity index (χ1v) is 12.8. The van der Waals surface area contributed by atoms with Crippen LogP contribution in [0.15, 0.2) is 36.4 Å². The molecule has 1 heterocycles. The Labute approximate surface area is 189 Å². The van der Waals surface area contributed by atoms with Crippen LogP contribution < -0.4 is 4.74 Å². The Morgan fingerprint density at radius 2 is 1.71 bits per heavy atom. The normalized spacial score (nSPS) is 25.0. The van der Waals surface area contributed by atoms with E-state index >= 15 is 0 Å². The molecular formula is C28H41NO2. The number of piperidine rings is 1. The van der Waals surface area contributed by atoms with Crippen LogP contribution in [-0.4, -0.2) is 36.8 Å². The minimum Gasteiger partial charge on any atom is -0.490 e. The fraction of sp³-hybridized carbons (Fsp3) is 0.643. The summed E-state index contributed by atoms with van der Waals surface area (Å²) in [5.74, 6) is 1.74. The van der Waals surface area contributed by atoms with Crippen LogP contribution in [0.2, 0.25) is 0 Å². The number of likely N-dealkylation sites (tertiary alicyclic amines) is 1. The first kappa shape index (κ1) is 22.6. The van der Waals surface area contributed by atoms with Gasteiger partial charge in [-0.25, -0.2) is 0 Å². The van der Waals surface area contributed by atoms with Crippen LogP contribution in [0.5, 0.6) is 5.75 Å². The Balaban J connectivity index is 1.32. The molecule has 4 rings (SSSR count). The van der Waals surface area contributed by atoms with Gasteiger partial charge in [0.1, 0.15) is 5.75 Å². The predicted molar refractivity (Wildman–Crippen MR) is 130 cm³/mol. The highest BCUT2D eigenvalue weighted by atomic mass is 16.5. The molecule has 0 bridgehead atoms. The SMILES string of the molecule is CCCOCC1CCC(Oc2ccc3cc(CN4CCCCC4CC)ccc3c2)CC1. The average molecular weight is 424 g/mol. The molecule has 1 saturated heterocycles. The van der Waals surface area contributed by atoms with Crippen molar-refractivity contribution in [1.82, 2.24) is 4.90 Å². The monoisotopic (exact) mass is 423 g/mol. The van der Waals surface area contributed by atoms with Gasteiger partial charge in [0.2, 0.25) is 0 Å². The Hall–Kier alpha value is -1.58. The summed E-state index contributed by atoms with van der Waals surface area (Å²) < 4.78 is 12.1. The predicted octanol–water partition coefficient (Wildman–Crippen LogP) is 6.97. The Morgan fingerprint density at radius 1 is 0.903 bits per heavy atom. The smallest absolute Gasteiger partial charge is 0.120 e. The molecule has 2 fully saturated rings. The van der Waals surface area contributed by atoms with Crippen molar-refractivity contribution in [3.63, 3.8) is 0 Å². The van der Waals surface area contributed by atoms with Crippen LogP contribution >= 0.6 is 0 Å². The summed E-state index contributed by atoms with van der Waals surface area (Å²) in [4.78, 5) is 2.69. The summed E-state index contributed by atoms with van der Waals surface area (Å²) in [6, 6.07) is 14.4. The minimum atomic E-state index is 0.351. The topological polar surface area (TPSA) is 21.7 Å². The summed E-state index contributed by atoms with van der Waals surface area (Å²) >= 11 is 0. The fourth-order valence-electron chi connectivity index (χ4n) is 5.41. The van der Waals surface area contributed by atoms with Gasteiger partial charge < -0.3 is 9.47 Å². The van der Waals surface area contributed by atoms with Crippen molar-refractivity contribution >= 4 is 10.8 Å². The quantitative estimate of drug-likeness (QED) is 0.407. The van der Waals surface area contributed by atoms with E-state index in [2.05, 4.69) is 55.1 Å². The average Bonchev–Trinajstić information content (AvgIpc) is 2.81.